The Labute approximate surface area is 118 Å². The average Bonchev–Trinajstić information content (AvgIpc) is 2.61. The number of aromatic nitrogens is 2. The van der Waals surface area contributed by atoms with Crippen LogP contribution in [0.5, 0.6) is 0 Å². The summed E-state index contributed by atoms with van der Waals surface area (Å²) in [5, 5.41) is 9.60. The number of aryl methyl sites for hydroxylation is 1. The molecule has 19 heavy (non-hydrogen) atoms. The molecule has 1 fully saturated rings. The average molecular weight is 283 g/mol. The van der Waals surface area contributed by atoms with Crippen LogP contribution in [0.25, 0.3) is 0 Å². The first-order valence-electron chi connectivity index (χ1n) is 6.49. The lowest BCUT2D eigenvalue weighted by molar-refractivity contribution is -0.133. The third kappa shape index (κ3) is 2.95. The molecule has 0 spiro atoms. The monoisotopic (exact) mass is 283 g/mol. The minimum Gasteiger partial charge on any atom is -0.481 e. The molecular formula is C13H21N3O2S. The van der Waals surface area contributed by atoms with Gasteiger partial charge in [-0.2, -0.15) is 0 Å². The summed E-state index contributed by atoms with van der Waals surface area (Å²) >= 11 is 1.30. The van der Waals surface area contributed by atoms with Crippen LogP contribution in [0.2, 0.25) is 0 Å². The third-order valence-electron chi connectivity index (χ3n) is 4.03. The van der Waals surface area contributed by atoms with E-state index in [0.29, 0.717) is 0 Å². The molecule has 1 aromatic rings. The largest absolute Gasteiger partial charge is 0.481 e. The SMILES string of the molecule is Cc1cnc(SCC(=O)O)n1CC1(N(C)C)CCC1. The normalized spacial score (nSPS) is 17.5. The minimum atomic E-state index is -0.803. The van der Waals surface area contributed by atoms with E-state index in [4.69, 9.17) is 5.11 Å². The van der Waals surface area contributed by atoms with E-state index in [2.05, 4.69) is 28.5 Å². The second-order valence-electron chi connectivity index (χ2n) is 5.42. The lowest BCUT2D eigenvalue weighted by Crippen LogP contribution is -2.53. The van der Waals surface area contributed by atoms with Crippen LogP contribution >= 0.6 is 11.8 Å². The van der Waals surface area contributed by atoms with Gasteiger partial charge in [-0.25, -0.2) is 4.98 Å². The Balaban J connectivity index is 2.15. The molecular weight excluding hydrogens is 262 g/mol. The molecule has 1 aromatic heterocycles. The van der Waals surface area contributed by atoms with Crippen molar-refractivity contribution in [2.24, 2.45) is 0 Å². The first kappa shape index (κ1) is 14.4. The molecule has 1 N–H and O–H groups in total. The zero-order valence-electron chi connectivity index (χ0n) is 11.7. The molecule has 5 nitrogen and oxygen atoms in total. The van der Waals surface area contributed by atoms with Crippen molar-refractivity contribution in [2.75, 3.05) is 19.8 Å². The van der Waals surface area contributed by atoms with E-state index in [1.165, 1.54) is 31.0 Å². The molecule has 0 atom stereocenters. The summed E-state index contributed by atoms with van der Waals surface area (Å²) < 4.78 is 2.16. The van der Waals surface area contributed by atoms with Gasteiger partial charge in [0.2, 0.25) is 0 Å². The number of rotatable bonds is 6. The molecule has 1 saturated carbocycles. The highest BCUT2D eigenvalue weighted by Gasteiger charge is 2.40. The summed E-state index contributed by atoms with van der Waals surface area (Å²) in [6.45, 7) is 2.92. The fourth-order valence-corrected chi connectivity index (χ4v) is 3.24. The number of carboxylic acids is 1. The summed E-state index contributed by atoms with van der Waals surface area (Å²) in [6.07, 6.45) is 5.48. The molecule has 0 bridgehead atoms. The summed E-state index contributed by atoms with van der Waals surface area (Å²) in [4.78, 5) is 17.3. The molecule has 0 aromatic carbocycles. The Morgan fingerprint density at radius 3 is 2.74 bits per heavy atom. The van der Waals surface area contributed by atoms with Crippen molar-refractivity contribution < 1.29 is 9.90 Å². The minimum absolute atomic E-state index is 0.0609. The smallest absolute Gasteiger partial charge is 0.313 e. The second kappa shape index (κ2) is 5.54. The summed E-state index contributed by atoms with van der Waals surface area (Å²) in [5.74, 6) is -0.742. The van der Waals surface area contributed by atoms with E-state index in [0.717, 1.165) is 17.4 Å². The van der Waals surface area contributed by atoms with Gasteiger partial charge in [0.25, 0.3) is 0 Å². The molecule has 6 heteroatoms. The molecule has 1 aliphatic carbocycles. The molecule has 0 radical (unpaired) electrons. The maximum atomic E-state index is 10.7. The predicted octanol–water partition coefficient (Wildman–Crippen LogP) is 1.85. The topological polar surface area (TPSA) is 58.4 Å². The highest BCUT2D eigenvalue weighted by Crippen LogP contribution is 2.38. The van der Waals surface area contributed by atoms with Crippen LogP contribution in [-0.2, 0) is 11.3 Å². The number of carbonyl (C=O) groups is 1. The van der Waals surface area contributed by atoms with Crippen molar-refractivity contribution in [1.29, 1.82) is 0 Å². The zero-order chi connectivity index (χ0) is 14.0. The third-order valence-corrected chi connectivity index (χ3v) is 5.00. The summed E-state index contributed by atoms with van der Waals surface area (Å²) in [6, 6.07) is 0. The fraction of sp³-hybridized carbons (Fsp3) is 0.692. The van der Waals surface area contributed by atoms with Gasteiger partial charge >= 0.3 is 5.97 Å². The van der Waals surface area contributed by atoms with Crippen molar-refractivity contribution in [3.05, 3.63) is 11.9 Å². The molecule has 1 aliphatic rings. The maximum absolute atomic E-state index is 10.7. The quantitative estimate of drug-likeness (QED) is 0.807. The number of nitrogens with zero attached hydrogens (tertiary/aromatic N) is 3. The van der Waals surface area contributed by atoms with Crippen LogP contribution in [0.15, 0.2) is 11.4 Å². The van der Waals surface area contributed by atoms with Gasteiger partial charge in [-0.05, 0) is 40.3 Å². The highest BCUT2D eigenvalue weighted by molar-refractivity contribution is 7.99. The van der Waals surface area contributed by atoms with E-state index in [1.54, 1.807) is 0 Å². The fourth-order valence-electron chi connectivity index (χ4n) is 2.50. The van der Waals surface area contributed by atoms with Crippen molar-refractivity contribution in [3.8, 4) is 0 Å². The van der Waals surface area contributed by atoms with E-state index in [-0.39, 0.29) is 11.3 Å². The first-order valence-corrected chi connectivity index (χ1v) is 7.47. The van der Waals surface area contributed by atoms with Gasteiger partial charge < -0.3 is 14.6 Å². The van der Waals surface area contributed by atoms with Crippen molar-refractivity contribution in [2.45, 2.75) is 43.4 Å². The van der Waals surface area contributed by atoms with Gasteiger partial charge in [-0.15, -0.1) is 0 Å². The molecule has 1 heterocycles. The number of imidazole rings is 1. The highest BCUT2D eigenvalue weighted by atomic mass is 32.2. The van der Waals surface area contributed by atoms with Crippen LogP contribution < -0.4 is 0 Å². The van der Waals surface area contributed by atoms with E-state index < -0.39 is 5.97 Å². The molecule has 0 amide bonds. The van der Waals surface area contributed by atoms with Crippen molar-refractivity contribution in [1.82, 2.24) is 14.5 Å². The van der Waals surface area contributed by atoms with Crippen LogP contribution in [0.4, 0.5) is 0 Å². The van der Waals surface area contributed by atoms with Gasteiger partial charge in [0.05, 0.1) is 5.75 Å². The van der Waals surface area contributed by atoms with Gasteiger partial charge in [-0.1, -0.05) is 11.8 Å². The maximum Gasteiger partial charge on any atom is 0.313 e. The van der Waals surface area contributed by atoms with Gasteiger partial charge in [0, 0.05) is 24.0 Å². The summed E-state index contributed by atoms with van der Waals surface area (Å²) in [7, 11) is 4.24. The Bertz CT molecular complexity index is 466. The number of hydrogen-bond acceptors (Lipinski definition) is 4. The predicted molar refractivity (Wildman–Crippen MR) is 75.6 cm³/mol. The van der Waals surface area contributed by atoms with Gasteiger partial charge in [-0.3, -0.25) is 4.79 Å². The van der Waals surface area contributed by atoms with Crippen molar-refractivity contribution >= 4 is 17.7 Å². The van der Waals surface area contributed by atoms with E-state index in [1.807, 2.05) is 13.1 Å². The lowest BCUT2D eigenvalue weighted by Gasteiger charge is -2.47. The first-order chi connectivity index (χ1) is 8.94. The van der Waals surface area contributed by atoms with Gasteiger partial charge in [0.1, 0.15) is 0 Å². The van der Waals surface area contributed by atoms with Crippen molar-refractivity contribution in [3.63, 3.8) is 0 Å². The molecule has 0 unspecified atom stereocenters. The second-order valence-corrected chi connectivity index (χ2v) is 6.37. The Hall–Kier alpha value is -1.01. The van der Waals surface area contributed by atoms with Crippen LogP contribution in [0.3, 0.4) is 0 Å². The number of thioether (sulfide) groups is 1. The number of aliphatic carboxylic acids is 1. The standard InChI is InChI=1S/C13H21N3O2S/c1-10-7-14-12(19-8-11(17)18)16(10)9-13(15(2)3)5-4-6-13/h7H,4-6,8-9H2,1-3H3,(H,17,18). The zero-order valence-corrected chi connectivity index (χ0v) is 12.5. The van der Waals surface area contributed by atoms with Gasteiger partial charge in [0.15, 0.2) is 5.16 Å². The number of likely N-dealkylation sites (N-methyl/N-ethyl adjacent to an activating group) is 1. The number of carboxylic acid groups (broad SMARTS) is 1. The molecule has 106 valence electrons. The summed E-state index contributed by atoms with van der Waals surface area (Å²) in [5.41, 5.74) is 1.31. The van der Waals surface area contributed by atoms with Crippen LogP contribution in [-0.4, -0.2) is 50.9 Å². The Morgan fingerprint density at radius 2 is 2.26 bits per heavy atom. The molecule has 2 rings (SSSR count). The van der Waals surface area contributed by atoms with Crippen LogP contribution in [0, 0.1) is 6.92 Å². The molecule has 0 aliphatic heterocycles. The number of hydrogen-bond donors (Lipinski definition) is 1. The lowest BCUT2D eigenvalue weighted by atomic mass is 9.75. The van der Waals surface area contributed by atoms with E-state index in [9.17, 15) is 4.79 Å². The Morgan fingerprint density at radius 1 is 1.58 bits per heavy atom. The van der Waals surface area contributed by atoms with Crippen LogP contribution in [0.1, 0.15) is 25.0 Å². The molecule has 0 saturated heterocycles. The Kier molecular flexibility index (Phi) is 4.20. The van der Waals surface area contributed by atoms with E-state index >= 15 is 0 Å².